The molecular formula is C90H53BN4O2S. The predicted molar refractivity (Wildman–Crippen MR) is 413 cm³/mol. The molecular weight excluding hydrogens is 1210 g/mol. The van der Waals surface area contributed by atoms with E-state index in [4.69, 9.17) is 17.1 Å². The number of rotatable bonds is 7. The third-order valence-corrected chi connectivity index (χ3v) is 19.6. The average Bonchev–Trinajstić information content (AvgIpc) is 1.10. The fourth-order valence-corrected chi connectivity index (χ4v) is 15.4. The molecule has 0 bridgehead atoms. The fraction of sp³-hybridized carbons (Fsp3) is 0. The van der Waals surface area contributed by atoms with Gasteiger partial charge in [-0.25, -0.2) is 0 Å². The van der Waals surface area contributed by atoms with E-state index in [-0.39, 0.29) is 50.2 Å². The highest BCUT2D eigenvalue weighted by Gasteiger charge is 2.45. The Balaban J connectivity index is 1.03. The zero-order chi connectivity index (χ0) is 93.4. The first kappa shape index (κ1) is 30.9. The van der Waals surface area contributed by atoms with Crippen LogP contribution in [0.3, 0.4) is 0 Å². The van der Waals surface area contributed by atoms with Gasteiger partial charge in [0.25, 0.3) is 6.71 Å². The van der Waals surface area contributed by atoms with E-state index in [1.165, 1.54) is 57.5 Å². The van der Waals surface area contributed by atoms with Crippen molar-refractivity contribution < 1.29 is 55.4 Å². The highest BCUT2D eigenvalue weighted by Crippen LogP contribution is 2.53. The van der Waals surface area contributed by atoms with Gasteiger partial charge in [0.15, 0.2) is 11.2 Å². The van der Waals surface area contributed by atoms with Crippen LogP contribution in [-0.4, -0.2) is 15.8 Å². The number of furan rings is 2. The fourth-order valence-electron chi connectivity index (χ4n) is 14.3. The SMILES string of the molecule is [2H]c1c([2H])c(-n2c3c([2H])c([2H])c([2H])c([2H])c3c3c([2H])c([2H])c([2H])c([2H])c32)c([2H])c2c1B1c3c(cc(-c4ccc5sc6ccccc6c5c4)cc3N(c3c([2H])c(-c4ccccc4)c([2H])c4c3oc3c([2H])c([2H])c([2H])c([2H])c34)c3c([2H])c(-n4c5c([2H])c([2H])c([2H])c([2H])c5c5c([2H])c([2H])c([2H])c([2H])c54)c([2H])c([2H])c31)N2c1c([2H])c(-c2ccccc2)c([2H])c2c1oc1c([2H])c([2H])c([2H])c([2H])c12. The summed E-state index contributed by atoms with van der Waals surface area (Å²) >= 11 is 1.44. The molecule has 15 aromatic carbocycles. The molecule has 0 saturated heterocycles. The molecule has 22 rings (SSSR count). The molecule has 0 amide bonds. The number of hydrogen-bond donors (Lipinski definition) is 0. The Kier molecular flexibility index (Phi) is 6.44. The maximum absolute atomic E-state index is 11.6. The van der Waals surface area contributed by atoms with E-state index in [0.717, 1.165) is 23.9 Å². The Morgan fingerprint density at radius 2 is 0.724 bits per heavy atom. The van der Waals surface area contributed by atoms with Crippen LogP contribution in [-0.2, 0) is 0 Å². The van der Waals surface area contributed by atoms with Crippen molar-refractivity contribution in [3.05, 3.63) is 321 Å². The van der Waals surface area contributed by atoms with Gasteiger partial charge in [0, 0.05) is 97.4 Å². The Bertz CT molecular complexity index is 8330. The molecule has 5 aromatic heterocycles. The predicted octanol–water partition coefficient (Wildman–Crippen LogP) is 23.1. The number of hydrogen-bond acceptors (Lipinski definition) is 5. The molecule has 0 aliphatic carbocycles. The topological polar surface area (TPSA) is 42.6 Å². The summed E-state index contributed by atoms with van der Waals surface area (Å²) < 4.78 is 355. The van der Waals surface area contributed by atoms with Crippen molar-refractivity contribution >= 4 is 176 Å². The zero-order valence-electron chi connectivity index (χ0n) is 84.1. The van der Waals surface area contributed by atoms with Gasteiger partial charge in [-0.2, -0.15) is 0 Å². The van der Waals surface area contributed by atoms with Crippen LogP contribution in [0, 0.1) is 0 Å². The molecule has 454 valence electrons. The minimum absolute atomic E-state index is 0.0648. The summed E-state index contributed by atoms with van der Waals surface area (Å²) in [5.74, 6) is 0. The highest BCUT2D eigenvalue weighted by molar-refractivity contribution is 7.25. The largest absolute Gasteiger partial charge is 0.454 e. The van der Waals surface area contributed by atoms with Gasteiger partial charge in [-0.05, 0) is 165 Å². The number of benzene rings is 15. The van der Waals surface area contributed by atoms with Crippen molar-refractivity contribution in [1.29, 1.82) is 0 Å². The summed E-state index contributed by atoms with van der Waals surface area (Å²) in [4.78, 5) is 2.38. The molecule has 0 saturated carbocycles. The zero-order valence-corrected chi connectivity index (χ0v) is 50.9. The van der Waals surface area contributed by atoms with Crippen LogP contribution in [0.15, 0.2) is 330 Å². The molecule has 8 heteroatoms. The van der Waals surface area contributed by atoms with E-state index >= 15 is 0 Å². The molecule has 20 aromatic rings. The van der Waals surface area contributed by atoms with E-state index in [1.807, 2.05) is 36.4 Å². The van der Waals surface area contributed by atoms with Crippen LogP contribution >= 0.6 is 11.3 Å². The normalized spacial score (nSPS) is 17.7. The van der Waals surface area contributed by atoms with E-state index in [0.29, 0.717) is 5.39 Å². The number of aromatic nitrogens is 2. The van der Waals surface area contributed by atoms with Crippen LogP contribution in [0.4, 0.5) is 34.1 Å². The minimum atomic E-state index is -2.14. The summed E-state index contributed by atoms with van der Waals surface area (Å²) in [5, 5.41) is -2.43. The van der Waals surface area contributed by atoms with Gasteiger partial charge >= 0.3 is 0 Å². The van der Waals surface area contributed by atoms with Crippen LogP contribution < -0.4 is 26.2 Å². The number of fused-ring (bicyclic) bond motifs is 19. The molecule has 2 aliphatic rings. The van der Waals surface area contributed by atoms with Crippen LogP contribution in [0.5, 0.6) is 0 Å². The molecule has 0 fully saturated rings. The van der Waals surface area contributed by atoms with E-state index < -0.39 is 345 Å². The average molecular weight is 1300 g/mol. The smallest absolute Gasteiger partial charge is 0.252 e. The Hall–Kier alpha value is -12.6. The first-order chi connectivity index (χ1) is 62.8. The second-order valence-electron chi connectivity index (χ2n) is 23.6. The van der Waals surface area contributed by atoms with Crippen LogP contribution in [0.25, 0.3) is 152 Å². The Morgan fingerprint density at radius 3 is 1.21 bits per heavy atom. The van der Waals surface area contributed by atoms with E-state index in [9.17, 15) is 38.4 Å². The second kappa shape index (κ2) is 20.4. The molecule has 0 spiro atoms. The molecule has 98 heavy (non-hydrogen) atoms. The van der Waals surface area contributed by atoms with Gasteiger partial charge in [-0.15, -0.1) is 11.3 Å². The van der Waals surface area contributed by atoms with Crippen molar-refractivity contribution in [2.45, 2.75) is 0 Å². The molecule has 6 nitrogen and oxygen atoms in total. The van der Waals surface area contributed by atoms with Gasteiger partial charge in [0.2, 0.25) is 0 Å². The van der Waals surface area contributed by atoms with Crippen molar-refractivity contribution in [1.82, 2.24) is 9.13 Å². The van der Waals surface area contributed by atoms with E-state index in [2.05, 4.69) is 0 Å². The number of nitrogens with zero attached hydrogens (tertiary/aromatic N) is 4. The summed E-state index contributed by atoms with van der Waals surface area (Å²) in [5.41, 5.74) is -11.6. The standard InChI is InChI=1S/C90H53BN4O2S/c1-3-21-54(22-4-1)57-46-70-66-29-11-18-36-84(66)96-89(70)82(50-57)94-78-52-60(92-74-32-14-7-25-62(74)63-26-8-15-33-75(63)92)40-42-72(78)91-73-43-41-61(93-76-34-16-9-27-64(76)65-28-10-17-35-77(65)93)53-79(73)95(83-51-58(55-23-5-2-6-24-55)47-71-67-30-12-19-37-85(67)97-90(71)83)81-49-59(48-80(94)88(81)91)56-39-44-87-69(45-56)68-31-13-20-38-86(68)98-87/h1-53H/i7D,8D,9D,10D,11D,12D,14D,15D,16D,17D,18D,19D,25D,26D,27D,28D,29D,30D,32D,33D,34D,35D,36D,37D,40D,41D,42D,43D,46D,47D,50D,51D,52D,53D. The lowest BCUT2D eigenvalue weighted by molar-refractivity contribution is 0.669. The first-order valence-corrected chi connectivity index (χ1v) is 31.6. The summed E-state index contributed by atoms with van der Waals surface area (Å²) in [6.45, 7) is -2.14. The number of thiophene rings is 1. The van der Waals surface area contributed by atoms with Crippen molar-refractivity contribution in [3.8, 4) is 44.8 Å². The molecule has 0 atom stereocenters. The lowest BCUT2D eigenvalue weighted by Crippen LogP contribution is -2.61. The summed E-state index contributed by atoms with van der Waals surface area (Å²) in [7, 11) is 0. The Labute approximate surface area is 614 Å². The van der Waals surface area contributed by atoms with Crippen LogP contribution in [0.2, 0.25) is 0 Å². The van der Waals surface area contributed by atoms with Gasteiger partial charge < -0.3 is 27.8 Å². The summed E-state index contributed by atoms with van der Waals surface area (Å²) in [6.07, 6.45) is 0. The van der Waals surface area contributed by atoms with Gasteiger partial charge in [0.1, 0.15) is 11.2 Å². The maximum Gasteiger partial charge on any atom is 0.252 e. The third kappa shape index (κ3) is 7.68. The second-order valence-corrected chi connectivity index (χ2v) is 24.7. The molecule has 2 aliphatic heterocycles. The van der Waals surface area contributed by atoms with Crippen molar-refractivity contribution in [2.75, 3.05) is 9.80 Å². The maximum atomic E-state index is 11.6. The summed E-state index contributed by atoms with van der Waals surface area (Å²) in [6, 6.07) is 1.88. The monoisotopic (exact) mass is 1300 g/mol. The Morgan fingerprint density at radius 1 is 0.296 bits per heavy atom. The van der Waals surface area contributed by atoms with Crippen molar-refractivity contribution in [2.24, 2.45) is 0 Å². The number of anilines is 6. The molecule has 0 unspecified atom stereocenters. The third-order valence-electron chi connectivity index (χ3n) is 18.4. The lowest BCUT2D eigenvalue weighted by atomic mass is 9.33. The lowest BCUT2D eigenvalue weighted by Gasteiger charge is -2.44. The molecule has 0 N–H and O–H groups in total. The van der Waals surface area contributed by atoms with Gasteiger partial charge in [-0.3, -0.25) is 0 Å². The first-order valence-electron chi connectivity index (χ1n) is 47.8. The molecule has 7 heterocycles. The highest BCUT2D eigenvalue weighted by atomic mass is 32.1. The van der Waals surface area contributed by atoms with Gasteiger partial charge in [0.05, 0.1) is 80.0 Å². The minimum Gasteiger partial charge on any atom is -0.454 e. The number of para-hydroxylation sites is 6. The van der Waals surface area contributed by atoms with Crippen LogP contribution in [0.1, 0.15) is 46.6 Å². The molecule has 0 radical (unpaired) electrons. The van der Waals surface area contributed by atoms with Gasteiger partial charge in [-0.1, -0.05) is 206 Å². The van der Waals surface area contributed by atoms with E-state index in [1.54, 1.807) is 42.5 Å². The quantitative estimate of drug-likeness (QED) is 0.149. The van der Waals surface area contributed by atoms with Crippen molar-refractivity contribution in [3.63, 3.8) is 0 Å².